The standard InChI is InChI=1S/C24H28F2N6O3/c1-14(29-30-20(21(27)33)24(23(34)35-2)9-5-6-10-24)19-17-11-16(25)12-28-22(17)32(31-19)13-15-7-3-4-8-18(15)26/h3-4,7-8,11-12,14,23,29,34H,5-6,9-10,13H2,1-2H3,(H2,27,33). The lowest BCUT2D eigenvalue weighted by Gasteiger charge is -2.33. The van der Waals surface area contributed by atoms with E-state index in [4.69, 9.17) is 10.5 Å². The van der Waals surface area contributed by atoms with Crippen LogP contribution in [0.4, 0.5) is 8.78 Å². The highest BCUT2D eigenvalue weighted by molar-refractivity contribution is 6.40. The molecule has 2 aromatic heterocycles. The van der Waals surface area contributed by atoms with Crippen molar-refractivity contribution in [2.75, 3.05) is 7.11 Å². The van der Waals surface area contributed by atoms with E-state index in [1.54, 1.807) is 25.1 Å². The van der Waals surface area contributed by atoms with Crippen LogP contribution >= 0.6 is 0 Å². The monoisotopic (exact) mass is 486 g/mol. The van der Waals surface area contributed by atoms with Crippen LogP contribution in [0.2, 0.25) is 0 Å². The maximum absolute atomic E-state index is 14.2. The Hall–Kier alpha value is -3.44. The molecule has 2 atom stereocenters. The predicted molar refractivity (Wildman–Crippen MR) is 125 cm³/mol. The van der Waals surface area contributed by atoms with E-state index in [0.717, 1.165) is 19.0 Å². The number of aliphatic hydroxyl groups is 1. The number of benzene rings is 1. The van der Waals surface area contributed by atoms with Crippen LogP contribution in [0.25, 0.3) is 11.0 Å². The molecule has 0 saturated heterocycles. The van der Waals surface area contributed by atoms with E-state index >= 15 is 0 Å². The summed E-state index contributed by atoms with van der Waals surface area (Å²) in [6, 6.07) is 7.00. The Bertz CT molecular complexity index is 1260. The van der Waals surface area contributed by atoms with Crippen LogP contribution in [0, 0.1) is 17.0 Å². The highest BCUT2D eigenvalue weighted by Crippen LogP contribution is 2.43. The van der Waals surface area contributed by atoms with E-state index in [0.29, 0.717) is 35.1 Å². The molecule has 1 amide bonds. The Labute approximate surface area is 201 Å². The Morgan fingerprint density at radius 2 is 2.06 bits per heavy atom. The minimum atomic E-state index is -1.24. The predicted octanol–water partition coefficient (Wildman–Crippen LogP) is 2.77. The number of carbonyl (C=O) groups is 1. The SMILES string of the molecule is COC(O)C1(C(=NNC(C)c2nn(Cc3ccccc3F)c3ncc(F)cc23)C(N)=O)CCCC1. The summed E-state index contributed by atoms with van der Waals surface area (Å²) in [5.41, 5.74) is 8.67. The first-order chi connectivity index (χ1) is 16.8. The Morgan fingerprint density at radius 1 is 1.34 bits per heavy atom. The second-order valence-electron chi connectivity index (χ2n) is 8.79. The van der Waals surface area contributed by atoms with Crippen molar-refractivity contribution in [2.45, 2.75) is 51.5 Å². The number of methoxy groups -OCH3 is 1. The highest BCUT2D eigenvalue weighted by Gasteiger charge is 2.48. The number of primary amides is 1. The molecule has 1 aliphatic rings. The second kappa shape index (κ2) is 10.0. The molecule has 4 rings (SSSR count). The Balaban J connectivity index is 1.69. The molecular formula is C24H28F2N6O3. The van der Waals surface area contributed by atoms with Crippen LogP contribution in [0.1, 0.15) is 49.9 Å². The molecule has 186 valence electrons. The van der Waals surface area contributed by atoms with Gasteiger partial charge in [-0.1, -0.05) is 31.0 Å². The third-order valence-electron chi connectivity index (χ3n) is 6.54. The van der Waals surface area contributed by atoms with Gasteiger partial charge >= 0.3 is 0 Å². The van der Waals surface area contributed by atoms with Gasteiger partial charge in [-0.05, 0) is 31.9 Å². The first-order valence-electron chi connectivity index (χ1n) is 11.4. The third kappa shape index (κ3) is 4.73. The summed E-state index contributed by atoms with van der Waals surface area (Å²) >= 11 is 0. The van der Waals surface area contributed by atoms with Crippen molar-refractivity contribution in [2.24, 2.45) is 16.3 Å². The van der Waals surface area contributed by atoms with E-state index in [-0.39, 0.29) is 18.1 Å². The zero-order valence-electron chi connectivity index (χ0n) is 19.5. The second-order valence-corrected chi connectivity index (χ2v) is 8.79. The number of aliphatic hydroxyl groups excluding tert-OH is 1. The van der Waals surface area contributed by atoms with Gasteiger partial charge in [0.1, 0.15) is 17.3 Å². The zero-order chi connectivity index (χ0) is 25.2. The molecule has 3 aromatic rings. The van der Waals surface area contributed by atoms with Crippen LogP contribution in [0.15, 0.2) is 41.6 Å². The van der Waals surface area contributed by atoms with Gasteiger partial charge in [-0.25, -0.2) is 18.4 Å². The summed E-state index contributed by atoms with van der Waals surface area (Å²) in [5, 5.41) is 19.8. The van der Waals surface area contributed by atoms with Gasteiger partial charge in [-0.2, -0.15) is 10.2 Å². The van der Waals surface area contributed by atoms with E-state index in [1.807, 2.05) is 0 Å². The smallest absolute Gasteiger partial charge is 0.265 e. The lowest BCUT2D eigenvalue weighted by molar-refractivity contribution is -0.135. The molecule has 2 heterocycles. The number of hydrogen-bond acceptors (Lipinski definition) is 7. The van der Waals surface area contributed by atoms with Gasteiger partial charge in [0.15, 0.2) is 11.9 Å². The van der Waals surface area contributed by atoms with Crippen LogP contribution < -0.4 is 11.2 Å². The molecule has 9 nitrogen and oxygen atoms in total. The lowest BCUT2D eigenvalue weighted by Crippen LogP contribution is -2.48. The van der Waals surface area contributed by atoms with Gasteiger partial charge < -0.3 is 21.0 Å². The van der Waals surface area contributed by atoms with Crippen LogP contribution in [-0.4, -0.2) is 44.9 Å². The third-order valence-corrected chi connectivity index (χ3v) is 6.54. The van der Waals surface area contributed by atoms with Crippen LogP contribution in [0.5, 0.6) is 0 Å². The van der Waals surface area contributed by atoms with E-state index < -0.39 is 29.5 Å². The molecule has 1 aromatic carbocycles. The molecule has 0 aliphatic heterocycles. The number of pyridine rings is 1. The number of nitrogens with one attached hydrogen (secondary N) is 1. The molecule has 2 unspecified atom stereocenters. The number of ether oxygens (including phenoxy) is 1. The van der Waals surface area contributed by atoms with Gasteiger partial charge in [-0.3, -0.25) is 4.79 Å². The Kier molecular flexibility index (Phi) is 7.08. The van der Waals surface area contributed by atoms with Crippen molar-refractivity contribution in [3.05, 3.63) is 59.4 Å². The van der Waals surface area contributed by atoms with E-state index in [2.05, 4.69) is 20.6 Å². The first kappa shape index (κ1) is 24.7. The topological polar surface area (TPSA) is 128 Å². The fourth-order valence-corrected chi connectivity index (χ4v) is 4.74. The maximum Gasteiger partial charge on any atom is 0.265 e. The fourth-order valence-electron chi connectivity index (χ4n) is 4.74. The molecule has 35 heavy (non-hydrogen) atoms. The molecule has 0 spiro atoms. The molecule has 11 heteroatoms. The van der Waals surface area contributed by atoms with Gasteiger partial charge in [0, 0.05) is 18.1 Å². The molecular weight excluding hydrogens is 458 g/mol. The number of nitrogens with zero attached hydrogens (tertiary/aromatic N) is 4. The maximum atomic E-state index is 14.2. The van der Waals surface area contributed by atoms with E-state index in [9.17, 15) is 18.7 Å². The van der Waals surface area contributed by atoms with E-state index in [1.165, 1.54) is 23.9 Å². The number of hydrogen-bond donors (Lipinski definition) is 3. The number of rotatable bonds is 9. The summed E-state index contributed by atoms with van der Waals surface area (Å²) in [6.45, 7) is 1.82. The highest BCUT2D eigenvalue weighted by atomic mass is 19.1. The lowest BCUT2D eigenvalue weighted by atomic mass is 9.79. The minimum Gasteiger partial charge on any atom is -0.367 e. The summed E-state index contributed by atoms with van der Waals surface area (Å²) in [7, 11) is 1.36. The van der Waals surface area contributed by atoms with Crippen molar-refractivity contribution in [3.63, 3.8) is 0 Å². The summed E-state index contributed by atoms with van der Waals surface area (Å²) in [6.07, 6.45) is 2.40. The number of hydrazone groups is 1. The molecule has 4 N–H and O–H groups in total. The number of nitrogens with two attached hydrogens (primary N) is 1. The fraction of sp³-hybridized carbons (Fsp3) is 0.417. The van der Waals surface area contributed by atoms with Crippen molar-refractivity contribution in [3.8, 4) is 0 Å². The minimum absolute atomic E-state index is 0.0180. The molecule has 0 bridgehead atoms. The number of carbonyl (C=O) groups excluding carboxylic acids is 1. The van der Waals surface area contributed by atoms with Crippen molar-refractivity contribution >= 4 is 22.7 Å². The molecule has 1 saturated carbocycles. The molecule has 0 radical (unpaired) electrons. The van der Waals surface area contributed by atoms with Crippen LogP contribution in [-0.2, 0) is 16.1 Å². The van der Waals surface area contributed by atoms with Gasteiger partial charge in [-0.15, -0.1) is 0 Å². The van der Waals surface area contributed by atoms with Gasteiger partial charge in [0.25, 0.3) is 5.91 Å². The van der Waals surface area contributed by atoms with Crippen molar-refractivity contribution < 1.29 is 23.4 Å². The number of aromatic nitrogens is 3. The average Bonchev–Trinajstić information content (AvgIpc) is 3.46. The van der Waals surface area contributed by atoms with Gasteiger partial charge in [0.05, 0.1) is 29.9 Å². The van der Waals surface area contributed by atoms with Gasteiger partial charge in [0.2, 0.25) is 0 Å². The Morgan fingerprint density at radius 3 is 2.71 bits per heavy atom. The van der Waals surface area contributed by atoms with Crippen molar-refractivity contribution in [1.82, 2.24) is 20.2 Å². The van der Waals surface area contributed by atoms with Crippen molar-refractivity contribution in [1.29, 1.82) is 0 Å². The largest absolute Gasteiger partial charge is 0.367 e. The number of fused-ring (bicyclic) bond motifs is 1. The average molecular weight is 487 g/mol. The molecule has 1 aliphatic carbocycles. The quantitative estimate of drug-likeness (QED) is 0.242. The number of amides is 1. The summed E-state index contributed by atoms with van der Waals surface area (Å²) in [4.78, 5) is 16.5. The zero-order valence-corrected chi connectivity index (χ0v) is 19.5. The van der Waals surface area contributed by atoms with Crippen LogP contribution in [0.3, 0.4) is 0 Å². The normalized spacial score (nSPS) is 17.5. The first-order valence-corrected chi connectivity index (χ1v) is 11.4. The summed E-state index contributed by atoms with van der Waals surface area (Å²) < 4.78 is 35.0. The summed E-state index contributed by atoms with van der Waals surface area (Å²) in [5.74, 6) is -1.71. The molecule has 1 fully saturated rings. The number of halogens is 2.